The predicted octanol–water partition coefficient (Wildman–Crippen LogP) is 5.57. The van der Waals surface area contributed by atoms with Crippen LogP contribution in [-0.2, 0) is 19.9 Å². The van der Waals surface area contributed by atoms with Crippen molar-refractivity contribution in [3.8, 4) is 0 Å². The van der Waals surface area contributed by atoms with Gasteiger partial charge in [-0.2, -0.15) is 0 Å². The van der Waals surface area contributed by atoms with Crippen molar-refractivity contribution < 1.29 is 14.3 Å². The summed E-state index contributed by atoms with van der Waals surface area (Å²) in [5.74, 6) is 0.986. The highest BCUT2D eigenvalue weighted by atomic mass is 16.5. The first kappa shape index (κ1) is 24.6. The Hall–Kier alpha value is -3.08. The molecular formula is C28H36N2O3. The molecule has 5 nitrogen and oxygen atoms in total. The number of allylic oxidation sites excluding steroid dienone is 1. The van der Waals surface area contributed by atoms with Gasteiger partial charge >= 0.3 is 0 Å². The number of hydrogen-bond acceptors (Lipinski definition) is 3. The van der Waals surface area contributed by atoms with Crippen LogP contribution in [-0.4, -0.2) is 25.0 Å². The molecule has 2 aromatic carbocycles. The number of benzene rings is 2. The molecule has 1 heterocycles. The van der Waals surface area contributed by atoms with Crippen LogP contribution in [0.4, 0.5) is 5.69 Å². The zero-order valence-electron chi connectivity index (χ0n) is 20.3. The molecule has 0 saturated heterocycles. The van der Waals surface area contributed by atoms with Crippen LogP contribution in [0.1, 0.15) is 58.9 Å². The normalized spacial score (nSPS) is 22.1. The second-order valence-corrected chi connectivity index (χ2v) is 9.19. The topological polar surface area (TPSA) is 58.6 Å². The molecule has 0 radical (unpaired) electrons. The van der Waals surface area contributed by atoms with Crippen molar-refractivity contribution in [2.24, 2.45) is 5.92 Å². The van der Waals surface area contributed by atoms with Gasteiger partial charge in [0.1, 0.15) is 0 Å². The Morgan fingerprint density at radius 2 is 1.70 bits per heavy atom. The summed E-state index contributed by atoms with van der Waals surface area (Å²) >= 11 is 0. The highest BCUT2D eigenvalue weighted by Crippen LogP contribution is 2.39. The SMILES string of the molecule is C/C1=C(\C)OCCCC(C(=O)NCCC(C)C)(c2ccccc2)N(c2ccccc2)C(=O)C1. The lowest BCUT2D eigenvalue weighted by molar-refractivity contribution is -0.131. The highest BCUT2D eigenvalue weighted by Gasteiger charge is 2.48. The maximum absolute atomic E-state index is 14.1. The van der Waals surface area contributed by atoms with Gasteiger partial charge < -0.3 is 10.1 Å². The fraction of sp³-hybridized carbons (Fsp3) is 0.429. The van der Waals surface area contributed by atoms with Gasteiger partial charge in [0.2, 0.25) is 5.91 Å². The fourth-order valence-corrected chi connectivity index (χ4v) is 4.33. The Morgan fingerprint density at radius 3 is 2.33 bits per heavy atom. The standard InChI is InChI=1S/C28H36N2O3/c1-21(2)16-18-29-27(32)28(24-12-7-5-8-13-24)17-11-19-33-23(4)22(3)20-26(31)30(28)25-14-9-6-10-15-25/h5-10,12-15,21H,11,16-20H2,1-4H3,(H,29,32)/b23-22-. The third kappa shape index (κ3) is 5.65. The van der Waals surface area contributed by atoms with Crippen LogP contribution in [0.5, 0.6) is 0 Å². The maximum atomic E-state index is 14.1. The van der Waals surface area contributed by atoms with E-state index in [0.717, 1.165) is 29.0 Å². The zero-order chi connectivity index (χ0) is 23.8. The Balaban J connectivity index is 2.20. The Kier molecular flexibility index (Phi) is 8.32. The number of carbonyl (C=O) groups is 2. The molecule has 5 heteroatoms. The summed E-state index contributed by atoms with van der Waals surface area (Å²) in [5.41, 5.74) is 1.23. The molecule has 2 aromatic rings. The number of anilines is 1. The molecule has 1 unspecified atom stereocenters. The Bertz CT molecular complexity index is 969. The van der Waals surface area contributed by atoms with E-state index in [2.05, 4.69) is 19.2 Å². The average molecular weight is 449 g/mol. The molecule has 0 aromatic heterocycles. The third-order valence-electron chi connectivity index (χ3n) is 6.30. The van der Waals surface area contributed by atoms with Crippen molar-refractivity contribution >= 4 is 17.5 Å². The van der Waals surface area contributed by atoms with Gasteiger partial charge in [0.25, 0.3) is 5.91 Å². The number of rotatable bonds is 6. The van der Waals surface area contributed by atoms with Crippen molar-refractivity contribution in [1.29, 1.82) is 0 Å². The van der Waals surface area contributed by atoms with Crippen LogP contribution >= 0.6 is 0 Å². The van der Waals surface area contributed by atoms with Gasteiger partial charge in [0.05, 0.1) is 18.8 Å². The monoisotopic (exact) mass is 448 g/mol. The van der Waals surface area contributed by atoms with Crippen LogP contribution in [0, 0.1) is 5.92 Å². The minimum Gasteiger partial charge on any atom is -0.498 e. The molecule has 176 valence electrons. The van der Waals surface area contributed by atoms with Gasteiger partial charge in [-0.15, -0.1) is 0 Å². The van der Waals surface area contributed by atoms with Crippen molar-refractivity contribution in [1.82, 2.24) is 5.32 Å². The summed E-state index contributed by atoms with van der Waals surface area (Å²) < 4.78 is 5.92. The minimum absolute atomic E-state index is 0.119. The van der Waals surface area contributed by atoms with Crippen LogP contribution < -0.4 is 10.2 Å². The number of nitrogens with zero attached hydrogens (tertiary/aromatic N) is 1. The lowest BCUT2D eigenvalue weighted by Crippen LogP contribution is -2.59. The number of nitrogens with one attached hydrogen (secondary N) is 1. The van der Waals surface area contributed by atoms with E-state index in [9.17, 15) is 9.59 Å². The fourth-order valence-electron chi connectivity index (χ4n) is 4.33. The van der Waals surface area contributed by atoms with Crippen molar-refractivity contribution in [2.75, 3.05) is 18.1 Å². The molecule has 1 atom stereocenters. The van der Waals surface area contributed by atoms with E-state index in [4.69, 9.17) is 4.74 Å². The lowest BCUT2D eigenvalue weighted by atomic mass is 9.81. The summed E-state index contributed by atoms with van der Waals surface area (Å²) in [7, 11) is 0. The molecule has 1 aliphatic heterocycles. The van der Waals surface area contributed by atoms with E-state index in [1.165, 1.54) is 0 Å². The van der Waals surface area contributed by atoms with E-state index < -0.39 is 5.54 Å². The number of amides is 2. The predicted molar refractivity (Wildman–Crippen MR) is 133 cm³/mol. The van der Waals surface area contributed by atoms with Gasteiger partial charge in [0.15, 0.2) is 5.54 Å². The van der Waals surface area contributed by atoms with Gasteiger partial charge in [-0.05, 0) is 62.3 Å². The van der Waals surface area contributed by atoms with Crippen molar-refractivity contribution in [3.05, 3.63) is 77.6 Å². The van der Waals surface area contributed by atoms with Crippen molar-refractivity contribution in [3.63, 3.8) is 0 Å². The molecule has 0 fully saturated rings. The Morgan fingerprint density at radius 1 is 1.06 bits per heavy atom. The first-order chi connectivity index (χ1) is 15.9. The molecule has 1 aliphatic rings. The molecule has 33 heavy (non-hydrogen) atoms. The maximum Gasteiger partial charge on any atom is 0.251 e. The number of ether oxygens (including phenoxy) is 1. The Labute approximate surface area is 197 Å². The summed E-state index contributed by atoms with van der Waals surface area (Å²) in [6.45, 7) is 9.16. The van der Waals surface area contributed by atoms with Gasteiger partial charge in [-0.1, -0.05) is 62.4 Å². The van der Waals surface area contributed by atoms with E-state index in [0.29, 0.717) is 31.9 Å². The van der Waals surface area contributed by atoms with Crippen LogP contribution in [0.15, 0.2) is 72.0 Å². The first-order valence-corrected chi connectivity index (χ1v) is 11.9. The van der Waals surface area contributed by atoms with E-state index in [1.54, 1.807) is 4.90 Å². The van der Waals surface area contributed by atoms with Crippen LogP contribution in [0.3, 0.4) is 0 Å². The van der Waals surface area contributed by atoms with E-state index >= 15 is 0 Å². The number of para-hydroxylation sites is 1. The highest BCUT2D eigenvalue weighted by molar-refractivity contribution is 6.04. The summed E-state index contributed by atoms with van der Waals surface area (Å²) in [4.78, 5) is 29.7. The van der Waals surface area contributed by atoms with Crippen LogP contribution in [0.25, 0.3) is 0 Å². The summed E-state index contributed by atoms with van der Waals surface area (Å²) in [6.07, 6.45) is 2.15. The first-order valence-electron chi connectivity index (χ1n) is 11.9. The second kappa shape index (κ2) is 11.2. The molecule has 3 rings (SSSR count). The molecule has 0 saturated carbocycles. The molecule has 0 bridgehead atoms. The van der Waals surface area contributed by atoms with E-state index in [1.807, 2.05) is 74.5 Å². The summed E-state index contributed by atoms with van der Waals surface area (Å²) in [5, 5.41) is 3.16. The summed E-state index contributed by atoms with van der Waals surface area (Å²) in [6, 6.07) is 19.2. The number of carbonyl (C=O) groups excluding carboxylic acids is 2. The lowest BCUT2D eigenvalue weighted by Gasteiger charge is -2.44. The third-order valence-corrected chi connectivity index (χ3v) is 6.30. The molecular weight excluding hydrogens is 412 g/mol. The van der Waals surface area contributed by atoms with Gasteiger partial charge in [0, 0.05) is 12.2 Å². The quantitative estimate of drug-likeness (QED) is 0.628. The minimum atomic E-state index is -1.18. The molecule has 0 spiro atoms. The average Bonchev–Trinajstić information content (AvgIpc) is 2.81. The van der Waals surface area contributed by atoms with E-state index in [-0.39, 0.29) is 18.2 Å². The molecule has 1 N–H and O–H groups in total. The van der Waals surface area contributed by atoms with Gasteiger partial charge in [-0.25, -0.2) is 0 Å². The largest absolute Gasteiger partial charge is 0.498 e. The zero-order valence-corrected chi connectivity index (χ0v) is 20.3. The number of hydrogen-bond donors (Lipinski definition) is 1. The van der Waals surface area contributed by atoms with Crippen LogP contribution in [0.2, 0.25) is 0 Å². The van der Waals surface area contributed by atoms with Gasteiger partial charge in [-0.3, -0.25) is 14.5 Å². The second-order valence-electron chi connectivity index (χ2n) is 9.19. The smallest absolute Gasteiger partial charge is 0.251 e. The molecule has 2 amide bonds. The van der Waals surface area contributed by atoms with Crippen molar-refractivity contribution in [2.45, 2.75) is 58.9 Å². The molecule has 0 aliphatic carbocycles.